The molecule has 2 aromatic rings. The molecule has 0 aliphatic rings. The Kier molecular flexibility index (Phi) is 3.34. The van der Waals surface area contributed by atoms with Gasteiger partial charge in [-0.3, -0.25) is 4.79 Å². The summed E-state index contributed by atoms with van der Waals surface area (Å²) in [6.07, 6.45) is 1.44. The maximum Gasteiger partial charge on any atom is 0.248 e. The minimum Gasteiger partial charge on any atom is -0.438 e. The van der Waals surface area contributed by atoms with Crippen molar-refractivity contribution in [2.75, 3.05) is 5.73 Å². The van der Waals surface area contributed by atoms with Crippen LogP contribution in [0.15, 0.2) is 36.5 Å². The molecule has 1 aromatic heterocycles. The number of rotatable bonds is 3. The summed E-state index contributed by atoms with van der Waals surface area (Å²) in [5.41, 5.74) is 11.5. The van der Waals surface area contributed by atoms with Gasteiger partial charge in [0.25, 0.3) is 0 Å². The van der Waals surface area contributed by atoms with Crippen molar-refractivity contribution in [3.63, 3.8) is 0 Å². The summed E-state index contributed by atoms with van der Waals surface area (Å²) >= 11 is 5.92. The van der Waals surface area contributed by atoms with Crippen LogP contribution in [-0.4, -0.2) is 10.9 Å². The monoisotopic (exact) mass is 263 g/mol. The van der Waals surface area contributed by atoms with Crippen LogP contribution in [0.4, 0.5) is 5.69 Å². The van der Waals surface area contributed by atoms with Crippen molar-refractivity contribution in [1.29, 1.82) is 0 Å². The number of hydrogen-bond acceptors (Lipinski definition) is 4. The number of primary amides is 1. The third-order valence-electron chi connectivity index (χ3n) is 2.18. The molecule has 1 amide bonds. The Hall–Kier alpha value is -2.27. The number of hydrogen-bond donors (Lipinski definition) is 2. The lowest BCUT2D eigenvalue weighted by atomic mass is 10.2. The summed E-state index contributed by atoms with van der Waals surface area (Å²) in [7, 11) is 0. The molecule has 0 aliphatic heterocycles. The Labute approximate surface area is 108 Å². The number of nitrogen functional groups attached to an aromatic ring is 1. The molecule has 1 heterocycles. The Balaban J connectivity index is 2.21. The number of ether oxygens (including phenoxy) is 1. The minimum atomic E-state index is -0.495. The smallest absolute Gasteiger partial charge is 0.248 e. The molecule has 0 unspecified atom stereocenters. The highest BCUT2D eigenvalue weighted by Gasteiger charge is 2.06. The van der Waals surface area contributed by atoms with Gasteiger partial charge in [-0.1, -0.05) is 11.6 Å². The van der Waals surface area contributed by atoms with Crippen LogP contribution in [0.2, 0.25) is 5.02 Å². The molecular formula is C12H10ClN3O2. The zero-order valence-corrected chi connectivity index (χ0v) is 10.0. The fourth-order valence-corrected chi connectivity index (χ4v) is 1.53. The average molecular weight is 264 g/mol. The van der Waals surface area contributed by atoms with Crippen molar-refractivity contribution in [2.45, 2.75) is 0 Å². The van der Waals surface area contributed by atoms with Gasteiger partial charge in [-0.25, -0.2) is 4.98 Å². The second-order valence-electron chi connectivity index (χ2n) is 3.55. The molecule has 0 radical (unpaired) electrons. The summed E-state index contributed by atoms with van der Waals surface area (Å²) in [4.78, 5) is 14.9. The van der Waals surface area contributed by atoms with Gasteiger partial charge in [-0.2, -0.15) is 0 Å². The zero-order chi connectivity index (χ0) is 13.1. The number of anilines is 1. The number of carbonyl (C=O) groups is 1. The highest BCUT2D eigenvalue weighted by atomic mass is 35.5. The van der Waals surface area contributed by atoms with Gasteiger partial charge in [0.2, 0.25) is 11.8 Å². The van der Waals surface area contributed by atoms with Gasteiger partial charge in [0.15, 0.2) is 0 Å². The number of aromatic nitrogens is 1. The van der Waals surface area contributed by atoms with Gasteiger partial charge < -0.3 is 16.2 Å². The van der Waals surface area contributed by atoms with Gasteiger partial charge in [-0.15, -0.1) is 0 Å². The average Bonchev–Trinajstić information content (AvgIpc) is 2.33. The molecule has 6 heteroatoms. The zero-order valence-electron chi connectivity index (χ0n) is 9.26. The molecule has 4 N–H and O–H groups in total. The Morgan fingerprint density at radius 2 is 1.94 bits per heavy atom. The molecule has 92 valence electrons. The van der Waals surface area contributed by atoms with E-state index in [0.29, 0.717) is 22.0 Å². The van der Waals surface area contributed by atoms with Crippen molar-refractivity contribution in [1.82, 2.24) is 4.98 Å². The fourth-order valence-electron chi connectivity index (χ4n) is 1.31. The number of amides is 1. The topological polar surface area (TPSA) is 91.2 Å². The maximum atomic E-state index is 10.9. The van der Waals surface area contributed by atoms with Crippen LogP contribution in [0.1, 0.15) is 10.4 Å². The molecule has 0 aliphatic carbocycles. The second-order valence-corrected chi connectivity index (χ2v) is 3.95. The summed E-state index contributed by atoms with van der Waals surface area (Å²) in [5.74, 6) is 0.252. The molecule has 0 saturated carbocycles. The van der Waals surface area contributed by atoms with Crippen LogP contribution in [-0.2, 0) is 0 Å². The van der Waals surface area contributed by atoms with Crippen molar-refractivity contribution in [3.05, 3.63) is 47.1 Å². The number of nitrogens with zero attached hydrogens (tertiary/aromatic N) is 1. The van der Waals surface area contributed by atoms with Crippen molar-refractivity contribution in [2.24, 2.45) is 5.73 Å². The van der Waals surface area contributed by atoms with E-state index in [9.17, 15) is 4.79 Å². The third kappa shape index (κ3) is 2.70. The summed E-state index contributed by atoms with van der Waals surface area (Å²) in [6.45, 7) is 0. The number of nitrogens with two attached hydrogens (primary N) is 2. The third-order valence-corrected chi connectivity index (χ3v) is 2.45. The van der Waals surface area contributed by atoms with E-state index in [-0.39, 0.29) is 5.88 Å². The van der Waals surface area contributed by atoms with Crippen LogP contribution in [0.5, 0.6) is 11.6 Å². The number of pyridine rings is 1. The lowest BCUT2D eigenvalue weighted by Gasteiger charge is -2.07. The van der Waals surface area contributed by atoms with E-state index >= 15 is 0 Å². The first kappa shape index (κ1) is 12.2. The van der Waals surface area contributed by atoms with Crippen molar-refractivity contribution < 1.29 is 9.53 Å². The molecular weight excluding hydrogens is 254 g/mol. The van der Waals surface area contributed by atoms with Gasteiger partial charge >= 0.3 is 0 Å². The van der Waals surface area contributed by atoms with E-state index in [4.69, 9.17) is 27.8 Å². The van der Waals surface area contributed by atoms with E-state index in [2.05, 4.69) is 4.98 Å². The van der Waals surface area contributed by atoms with E-state index < -0.39 is 5.91 Å². The van der Waals surface area contributed by atoms with E-state index in [1.54, 1.807) is 30.3 Å². The fraction of sp³-hybridized carbons (Fsp3) is 0. The largest absolute Gasteiger partial charge is 0.438 e. The Morgan fingerprint density at radius 3 is 2.50 bits per heavy atom. The van der Waals surface area contributed by atoms with E-state index in [1.807, 2.05) is 0 Å². The van der Waals surface area contributed by atoms with Crippen LogP contribution in [0.25, 0.3) is 0 Å². The molecule has 18 heavy (non-hydrogen) atoms. The predicted molar refractivity (Wildman–Crippen MR) is 68.7 cm³/mol. The number of halogens is 1. The SMILES string of the molecule is NC(=O)c1ccc(Oc2ncc(N)cc2Cl)cc1. The lowest BCUT2D eigenvalue weighted by molar-refractivity contribution is 0.100. The molecule has 0 atom stereocenters. The molecule has 0 bridgehead atoms. The van der Waals surface area contributed by atoms with Gasteiger partial charge in [0.05, 0.1) is 11.9 Å². The molecule has 0 saturated heterocycles. The first-order valence-electron chi connectivity index (χ1n) is 5.05. The molecule has 1 aromatic carbocycles. The maximum absolute atomic E-state index is 10.9. The number of carbonyl (C=O) groups excluding carboxylic acids is 1. The van der Waals surface area contributed by atoms with Crippen LogP contribution in [0, 0.1) is 0 Å². The van der Waals surface area contributed by atoms with Gasteiger partial charge in [-0.05, 0) is 30.3 Å². The number of benzene rings is 1. The summed E-state index contributed by atoms with van der Waals surface area (Å²) in [5, 5.41) is 0.314. The molecule has 5 nitrogen and oxygen atoms in total. The standard InChI is InChI=1S/C12H10ClN3O2/c13-10-5-8(14)6-16-12(10)18-9-3-1-7(2-4-9)11(15)17/h1-6H,14H2,(H2,15,17). The van der Waals surface area contributed by atoms with Crippen molar-refractivity contribution in [3.8, 4) is 11.6 Å². The molecule has 0 spiro atoms. The lowest BCUT2D eigenvalue weighted by Crippen LogP contribution is -2.10. The predicted octanol–water partition coefficient (Wildman–Crippen LogP) is 2.21. The highest BCUT2D eigenvalue weighted by Crippen LogP contribution is 2.28. The highest BCUT2D eigenvalue weighted by molar-refractivity contribution is 6.32. The first-order valence-corrected chi connectivity index (χ1v) is 5.43. The van der Waals surface area contributed by atoms with E-state index in [0.717, 1.165) is 0 Å². The van der Waals surface area contributed by atoms with Crippen LogP contribution in [0.3, 0.4) is 0 Å². The second kappa shape index (κ2) is 4.93. The molecule has 0 fully saturated rings. The van der Waals surface area contributed by atoms with Crippen LogP contribution >= 0.6 is 11.6 Å². The minimum absolute atomic E-state index is 0.248. The summed E-state index contributed by atoms with van der Waals surface area (Å²) < 4.78 is 5.45. The normalized spacial score (nSPS) is 10.1. The van der Waals surface area contributed by atoms with Crippen LogP contribution < -0.4 is 16.2 Å². The first-order chi connectivity index (χ1) is 8.56. The quantitative estimate of drug-likeness (QED) is 0.888. The van der Waals surface area contributed by atoms with Crippen molar-refractivity contribution >= 4 is 23.2 Å². The van der Waals surface area contributed by atoms with E-state index in [1.165, 1.54) is 6.20 Å². The van der Waals surface area contributed by atoms with Gasteiger partial charge in [0.1, 0.15) is 10.8 Å². The Morgan fingerprint density at radius 1 is 1.28 bits per heavy atom. The van der Waals surface area contributed by atoms with Gasteiger partial charge in [0, 0.05) is 5.56 Å². The molecule has 2 rings (SSSR count). The summed E-state index contributed by atoms with van der Waals surface area (Å²) in [6, 6.07) is 7.87. The Bertz CT molecular complexity index is 584.